The lowest BCUT2D eigenvalue weighted by Crippen LogP contribution is -2.47. The molecule has 0 amide bonds. The molecule has 1 aromatic carbocycles. The van der Waals surface area contributed by atoms with Gasteiger partial charge >= 0.3 is 0 Å². The summed E-state index contributed by atoms with van der Waals surface area (Å²) in [6.45, 7) is 0. The summed E-state index contributed by atoms with van der Waals surface area (Å²) >= 11 is 0. The summed E-state index contributed by atoms with van der Waals surface area (Å²) in [5, 5.41) is 0. The maximum absolute atomic E-state index is 6.41. The summed E-state index contributed by atoms with van der Waals surface area (Å²) < 4.78 is 6.41. The van der Waals surface area contributed by atoms with Crippen LogP contribution in [0.25, 0.3) is 6.08 Å². The Morgan fingerprint density at radius 3 is 1.83 bits per heavy atom. The van der Waals surface area contributed by atoms with Crippen molar-refractivity contribution in [1.82, 2.24) is 0 Å². The summed E-state index contributed by atoms with van der Waals surface area (Å²) in [6, 6.07) is 10.8. The lowest BCUT2D eigenvalue weighted by atomic mass is 9.23. The molecule has 3 rings (SSSR count). The number of hydrogen-bond donors (Lipinski definition) is 0. The highest BCUT2D eigenvalue weighted by Crippen LogP contribution is 2.49. The van der Waals surface area contributed by atoms with Crippen molar-refractivity contribution < 1.29 is 4.65 Å². The van der Waals surface area contributed by atoms with Crippen molar-refractivity contribution in [2.75, 3.05) is 7.11 Å². The average Bonchev–Trinajstić information content (AvgIpc) is 2.65. The summed E-state index contributed by atoms with van der Waals surface area (Å²) in [5.74, 6) is 4.02. The van der Waals surface area contributed by atoms with Gasteiger partial charge in [0, 0.05) is 0 Å². The van der Waals surface area contributed by atoms with E-state index in [2.05, 4.69) is 42.4 Å². The first-order valence-electron chi connectivity index (χ1n) is 9.81. The zero-order valence-electron chi connectivity index (χ0n) is 14.8. The van der Waals surface area contributed by atoms with Gasteiger partial charge in [0.25, 0.3) is 0 Å². The molecule has 2 aliphatic carbocycles. The molecule has 1 aromatic rings. The summed E-state index contributed by atoms with van der Waals surface area (Å²) in [7, 11) is 1.98. The van der Waals surface area contributed by atoms with E-state index in [1.54, 1.807) is 0 Å². The van der Waals surface area contributed by atoms with E-state index < -0.39 is 6.35 Å². The molecule has 1 nitrogen and oxygen atoms in total. The van der Waals surface area contributed by atoms with Crippen LogP contribution < -0.4 is 0 Å². The van der Waals surface area contributed by atoms with Gasteiger partial charge < -0.3 is 4.65 Å². The Kier molecular flexibility index (Phi) is 5.99. The topological polar surface area (TPSA) is 9.23 Å². The fraction of sp³-hybridized carbons (Fsp3) is 0.619. The van der Waals surface area contributed by atoms with E-state index in [0.717, 1.165) is 11.6 Å². The minimum Gasteiger partial charge on any atom is -0.588 e. The van der Waals surface area contributed by atoms with Gasteiger partial charge in [-0.2, -0.15) is 0 Å². The molecule has 0 bridgehead atoms. The van der Waals surface area contributed by atoms with Crippen LogP contribution in [-0.4, -0.2) is 13.5 Å². The second-order valence-electron chi connectivity index (χ2n) is 7.79. The van der Waals surface area contributed by atoms with Crippen LogP contribution in [0.15, 0.2) is 36.3 Å². The van der Waals surface area contributed by atoms with Crippen molar-refractivity contribution in [3.05, 3.63) is 41.9 Å². The molecular weight excluding hydrogens is 279 g/mol. The number of benzene rings is 1. The first kappa shape index (κ1) is 16.8. The van der Waals surface area contributed by atoms with Gasteiger partial charge in [-0.25, -0.2) is 5.98 Å². The molecule has 0 aliphatic heterocycles. The van der Waals surface area contributed by atoms with Gasteiger partial charge in [0.05, 0.1) is 0 Å². The van der Waals surface area contributed by atoms with Gasteiger partial charge in [-0.3, -0.25) is 0 Å². The Bertz CT molecular complexity index is 466. The second-order valence-corrected chi connectivity index (χ2v) is 7.79. The van der Waals surface area contributed by atoms with Crippen LogP contribution in [-0.2, 0) is 4.65 Å². The zero-order chi connectivity index (χ0) is 16.0. The zero-order valence-corrected chi connectivity index (χ0v) is 14.8. The molecule has 0 radical (unpaired) electrons. The van der Waals surface area contributed by atoms with Crippen molar-refractivity contribution >= 4 is 12.4 Å². The van der Waals surface area contributed by atoms with E-state index in [1.165, 1.54) is 69.8 Å². The van der Waals surface area contributed by atoms with E-state index in [9.17, 15) is 0 Å². The first-order valence-corrected chi connectivity index (χ1v) is 9.81. The molecule has 2 fully saturated rings. The average molecular weight is 311 g/mol. The van der Waals surface area contributed by atoms with E-state index in [1.807, 2.05) is 7.11 Å². The molecule has 0 saturated heterocycles. The minimum atomic E-state index is -0.849. The van der Waals surface area contributed by atoms with Crippen molar-refractivity contribution in [3.8, 4) is 0 Å². The fourth-order valence-corrected chi connectivity index (χ4v) is 5.30. The number of rotatable bonds is 5. The molecule has 0 atom stereocenters. The first-order chi connectivity index (χ1) is 11.3. The third-order valence-electron chi connectivity index (χ3n) is 6.57. The molecule has 0 N–H and O–H groups in total. The largest absolute Gasteiger partial charge is 0.588 e. The maximum atomic E-state index is 6.41. The Balaban J connectivity index is 1.88. The summed E-state index contributed by atoms with van der Waals surface area (Å²) in [4.78, 5) is 0. The lowest BCUT2D eigenvalue weighted by molar-refractivity contribution is 0.329. The van der Waals surface area contributed by atoms with Gasteiger partial charge in [0.15, 0.2) is 0 Å². The normalized spacial score (nSPS) is 21.8. The van der Waals surface area contributed by atoms with Crippen LogP contribution in [0.4, 0.5) is 0 Å². The Morgan fingerprint density at radius 1 is 0.826 bits per heavy atom. The highest BCUT2D eigenvalue weighted by molar-refractivity contribution is 6.82. The van der Waals surface area contributed by atoms with Gasteiger partial charge in [-0.1, -0.05) is 101 Å². The molecule has 23 heavy (non-hydrogen) atoms. The SMILES string of the molecule is CO[B-](/C=C/c1ccccc1)(C1CCCCC1)C1CCCCC1. The van der Waals surface area contributed by atoms with E-state index in [-0.39, 0.29) is 0 Å². The summed E-state index contributed by atoms with van der Waals surface area (Å²) in [6.07, 6.45) is 15.4. The van der Waals surface area contributed by atoms with E-state index >= 15 is 0 Å². The molecule has 0 unspecified atom stereocenters. The number of hydrogen-bond acceptors (Lipinski definition) is 1. The van der Waals surface area contributed by atoms with E-state index in [4.69, 9.17) is 4.65 Å². The predicted molar refractivity (Wildman–Crippen MR) is 102 cm³/mol. The quantitative estimate of drug-likeness (QED) is 0.564. The van der Waals surface area contributed by atoms with Crippen LogP contribution in [0, 0.1) is 0 Å². The van der Waals surface area contributed by atoms with Crippen molar-refractivity contribution in [2.45, 2.75) is 75.8 Å². The van der Waals surface area contributed by atoms with Gasteiger partial charge in [0.2, 0.25) is 0 Å². The predicted octanol–water partition coefficient (Wildman–Crippen LogP) is 6.50. The van der Waals surface area contributed by atoms with Crippen LogP contribution in [0.2, 0.25) is 11.6 Å². The van der Waals surface area contributed by atoms with Gasteiger partial charge in [-0.05, 0) is 12.7 Å². The molecule has 126 valence electrons. The van der Waals surface area contributed by atoms with Gasteiger partial charge in [0.1, 0.15) is 6.35 Å². The molecule has 2 saturated carbocycles. The Labute approximate surface area is 142 Å². The minimum absolute atomic E-state index is 0.761. The van der Waals surface area contributed by atoms with Gasteiger partial charge in [-0.15, -0.1) is 11.6 Å². The highest BCUT2D eigenvalue weighted by Gasteiger charge is 2.38. The van der Waals surface area contributed by atoms with Crippen LogP contribution >= 0.6 is 0 Å². The van der Waals surface area contributed by atoms with Crippen molar-refractivity contribution in [2.24, 2.45) is 0 Å². The standard InChI is InChI=1S/C21H32BO/c1-23-22(20-13-7-3-8-14-20,21-15-9-4-10-16-21)18-17-19-11-5-2-6-12-19/h2,5-6,11-12,17-18,20-21H,3-4,7-10,13-16H2,1H3/q-1/b18-17+. The maximum Gasteiger partial charge on any atom is 0.140 e. The molecular formula is C21H32BO-. The summed E-state index contributed by atoms with van der Waals surface area (Å²) in [5.41, 5.74) is 1.31. The Hall–Kier alpha value is -1.02. The lowest BCUT2D eigenvalue weighted by Gasteiger charge is -2.53. The monoisotopic (exact) mass is 311 g/mol. The second kappa shape index (κ2) is 8.19. The highest BCUT2D eigenvalue weighted by atomic mass is 16.4. The molecule has 2 aliphatic rings. The molecule has 2 heteroatoms. The molecule has 0 spiro atoms. The van der Waals surface area contributed by atoms with Crippen LogP contribution in [0.3, 0.4) is 0 Å². The molecule has 0 aromatic heterocycles. The third kappa shape index (κ3) is 3.91. The smallest absolute Gasteiger partial charge is 0.140 e. The third-order valence-corrected chi connectivity index (χ3v) is 6.57. The molecule has 0 heterocycles. The van der Waals surface area contributed by atoms with Crippen LogP contribution in [0.1, 0.15) is 69.8 Å². The van der Waals surface area contributed by atoms with E-state index in [0.29, 0.717) is 0 Å². The van der Waals surface area contributed by atoms with Crippen LogP contribution in [0.5, 0.6) is 0 Å². The Morgan fingerprint density at radius 2 is 1.35 bits per heavy atom. The fourth-order valence-electron chi connectivity index (χ4n) is 5.30. The van der Waals surface area contributed by atoms with Crippen molar-refractivity contribution in [3.63, 3.8) is 0 Å². The van der Waals surface area contributed by atoms with Crippen molar-refractivity contribution in [1.29, 1.82) is 0 Å².